The number of aromatic nitrogens is 2. The van der Waals surface area contributed by atoms with Crippen LogP contribution in [0.2, 0.25) is 0 Å². The number of hydrogen-bond donors (Lipinski definition) is 0. The molecule has 0 N–H and O–H groups in total. The molecule has 3 rings (SSSR count). The summed E-state index contributed by atoms with van der Waals surface area (Å²) in [5.74, 6) is 1.95. The van der Waals surface area contributed by atoms with E-state index in [0.717, 1.165) is 30.2 Å². The highest BCUT2D eigenvalue weighted by Crippen LogP contribution is 2.15. The molecule has 0 saturated carbocycles. The van der Waals surface area contributed by atoms with E-state index in [2.05, 4.69) is 9.55 Å². The normalized spacial score (nSPS) is 13.9. The second-order valence-electron chi connectivity index (χ2n) is 5.11. The van der Waals surface area contributed by atoms with Gasteiger partial charge < -0.3 is 14.2 Å². The van der Waals surface area contributed by atoms with Crippen LogP contribution < -0.4 is 4.74 Å². The largest absolute Gasteiger partial charge is 0.494 e. The van der Waals surface area contributed by atoms with Crippen molar-refractivity contribution in [1.29, 1.82) is 0 Å². The highest BCUT2D eigenvalue weighted by Gasteiger charge is 2.21. The summed E-state index contributed by atoms with van der Waals surface area (Å²) in [5, 5.41) is 0. The number of nitrogens with zero attached hydrogens (tertiary/aromatic N) is 3. The standard InChI is InChI=1S/C16H19N3O2/c1-2-21-14-5-3-13(4-6-14)11-16(20)19-10-9-18-8-7-17-15(18)12-19/h3-8H,2,9-12H2,1H3. The average molecular weight is 285 g/mol. The lowest BCUT2D eigenvalue weighted by Gasteiger charge is -2.27. The van der Waals surface area contributed by atoms with Crippen LogP contribution in [0, 0.1) is 0 Å². The zero-order valence-electron chi connectivity index (χ0n) is 12.2. The van der Waals surface area contributed by atoms with Crippen LogP contribution in [0.15, 0.2) is 36.7 Å². The number of carbonyl (C=O) groups excluding carboxylic acids is 1. The first kappa shape index (κ1) is 13.7. The fourth-order valence-electron chi connectivity index (χ4n) is 2.54. The van der Waals surface area contributed by atoms with Gasteiger partial charge in [0.25, 0.3) is 0 Å². The maximum Gasteiger partial charge on any atom is 0.227 e. The maximum atomic E-state index is 12.4. The first-order valence-electron chi connectivity index (χ1n) is 7.26. The first-order chi connectivity index (χ1) is 10.3. The van der Waals surface area contributed by atoms with E-state index in [9.17, 15) is 4.79 Å². The molecular weight excluding hydrogens is 266 g/mol. The molecule has 0 aliphatic carbocycles. The van der Waals surface area contributed by atoms with Crippen LogP contribution in [0.25, 0.3) is 0 Å². The Morgan fingerprint density at radius 3 is 2.86 bits per heavy atom. The van der Waals surface area contributed by atoms with Crippen molar-refractivity contribution in [1.82, 2.24) is 14.5 Å². The van der Waals surface area contributed by atoms with Crippen molar-refractivity contribution < 1.29 is 9.53 Å². The Kier molecular flexibility index (Phi) is 3.90. The van der Waals surface area contributed by atoms with Crippen LogP contribution in [0.5, 0.6) is 5.75 Å². The Labute approximate surface area is 124 Å². The lowest BCUT2D eigenvalue weighted by molar-refractivity contribution is -0.132. The third-order valence-corrected chi connectivity index (χ3v) is 3.69. The molecule has 1 amide bonds. The number of benzene rings is 1. The first-order valence-corrected chi connectivity index (χ1v) is 7.26. The minimum Gasteiger partial charge on any atom is -0.494 e. The van der Waals surface area contributed by atoms with Gasteiger partial charge in [-0.15, -0.1) is 0 Å². The van der Waals surface area contributed by atoms with Crippen molar-refractivity contribution >= 4 is 5.91 Å². The van der Waals surface area contributed by atoms with E-state index < -0.39 is 0 Å². The van der Waals surface area contributed by atoms with Gasteiger partial charge in [0.15, 0.2) is 0 Å². The predicted molar refractivity (Wildman–Crippen MR) is 79.0 cm³/mol. The summed E-state index contributed by atoms with van der Waals surface area (Å²) in [6.45, 7) is 4.78. The van der Waals surface area contributed by atoms with Gasteiger partial charge in [-0.3, -0.25) is 4.79 Å². The Bertz CT molecular complexity index is 619. The second-order valence-corrected chi connectivity index (χ2v) is 5.11. The van der Waals surface area contributed by atoms with Crippen LogP contribution in [0.1, 0.15) is 18.3 Å². The molecule has 0 atom stereocenters. The molecule has 5 heteroatoms. The van der Waals surface area contributed by atoms with Gasteiger partial charge >= 0.3 is 0 Å². The van der Waals surface area contributed by atoms with E-state index in [0.29, 0.717) is 19.6 Å². The molecule has 2 aromatic rings. The molecule has 0 unspecified atom stereocenters. The molecule has 5 nitrogen and oxygen atoms in total. The molecular formula is C16H19N3O2. The van der Waals surface area contributed by atoms with Crippen molar-refractivity contribution in [2.45, 2.75) is 26.4 Å². The number of rotatable bonds is 4. The van der Waals surface area contributed by atoms with Crippen LogP contribution in [-0.4, -0.2) is 33.5 Å². The predicted octanol–water partition coefficient (Wildman–Crippen LogP) is 1.87. The van der Waals surface area contributed by atoms with Crippen molar-refractivity contribution in [3.05, 3.63) is 48.0 Å². The van der Waals surface area contributed by atoms with Gasteiger partial charge in [-0.1, -0.05) is 12.1 Å². The molecule has 2 heterocycles. The minimum absolute atomic E-state index is 0.147. The molecule has 1 aromatic heterocycles. The number of fused-ring (bicyclic) bond motifs is 1. The van der Waals surface area contributed by atoms with Gasteiger partial charge in [0.2, 0.25) is 5.91 Å². The van der Waals surface area contributed by atoms with Gasteiger partial charge in [-0.2, -0.15) is 0 Å². The highest BCUT2D eigenvalue weighted by atomic mass is 16.5. The van der Waals surface area contributed by atoms with Crippen molar-refractivity contribution in [2.24, 2.45) is 0 Å². The molecule has 0 radical (unpaired) electrons. The Morgan fingerprint density at radius 1 is 1.29 bits per heavy atom. The van der Waals surface area contributed by atoms with Gasteiger partial charge in [0.1, 0.15) is 11.6 Å². The van der Waals surface area contributed by atoms with Gasteiger partial charge in [0.05, 0.1) is 19.6 Å². The third kappa shape index (κ3) is 3.07. The summed E-state index contributed by atoms with van der Waals surface area (Å²) >= 11 is 0. The Morgan fingerprint density at radius 2 is 2.10 bits per heavy atom. The molecule has 0 fully saturated rings. The minimum atomic E-state index is 0.147. The van der Waals surface area contributed by atoms with Crippen LogP contribution in [0.3, 0.4) is 0 Å². The third-order valence-electron chi connectivity index (χ3n) is 3.69. The van der Waals surface area contributed by atoms with E-state index in [1.54, 1.807) is 6.20 Å². The Balaban J connectivity index is 1.61. The maximum absolute atomic E-state index is 12.4. The average Bonchev–Trinajstić information content (AvgIpc) is 2.97. The molecule has 0 bridgehead atoms. The lowest BCUT2D eigenvalue weighted by Crippen LogP contribution is -2.39. The molecule has 1 aliphatic rings. The zero-order chi connectivity index (χ0) is 14.7. The van der Waals surface area contributed by atoms with Gasteiger partial charge in [-0.05, 0) is 24.6 Å². The summed E-state index contributed by atoms with van der Waals surface area (Å²) < 4.78 is 7.50. The Hall–Kier alpha value is -2.30. The van der Waals surface area contributed by atoms with Crippen LogP contribution in [-0.2, 0) is 24.3 Å². The van der Waals surface area contributed by atoms with Crippen molar-refractivity contribution in [3.8, 4) is 5.75 Å². The highest BCUT2D eigenvalue weighted by molar-refractivity contribution is 5.78. The van der Waals surface area contributed by atoms with E-state index in [-0.39, 0.29) is 5.91 Å². The lowest BCUT2D eigenvalue weighted by atomic mass is 10.1. The number of imidazole rings is 1. The molecule has 1 aliphatic heterocycles. The molecule has 0 saturated heterocycles. The molecule has 0 spiro atoms. The van der Waals surface area contributed by atoms with E-state index in [1.807, 2.05) is 42.3 Å². The van der Waals surface area contributed by atoms with E-state index in [1.165, 1.54) is 0 Å². The quantitative estimate of drug-likeness (QED) is 0.861. The summed E-state index contributed by atoms with van der Waals surface area (Å²) in [4.78, 5) is 18.5. The molecule has 21 heavy (non-hydrogen) atoms. The van der Waals surface area contributed by atoms with Gasteiger partial charge in [0, 0.05) is 25.5 Å². The zero-order valence-corrected chi connectivity index (χ0v) is 12.2. The fraction of sp³-hybridized carbons (Fsp3) is 0.375. The van der Waals surface area contributed by atoms with Crippen LogP contribution in [0.4, 0.5) is 0 Å². The number of ether oxygens (including phenoxy) is 1. The summed E-state index contributed by atoms with van der Waals surface area (Å²) in [6, 6.07) is 7.73. The molecule has 1 aromatic carbocycles. The second kappa shape index (κ2) is 5.99. The van der Waals surface area contributed by atoms with Crippen molar-refractivity contribution in [3.63, 3.8) is 0 Å². The van der Waals surface area contributed by atoms with E-state index >= 15 is 0 Å². The summed E-state index contributed by atoms with van der Waals surface area (Å²) in [7, 11) is 0. The molecule has 110 valence electrons. The smallest absolute Gasteiger partial charge is 0.227 e. The number of carbonyl (C=O) groups is 1. The van der Waals surface area contributed by atoms with Gasteiger partial charge in [-0.25, -0.2) is 4.98 Å². The monoisotopic (exact) mass is 285 g/mol. The topological polar surface area (TPSA) is 47.4 Å². The summed E-state index contributed by atoms with van der Waals surface area (Å²) in [6.07, 6.45) is 4.17. The van der Waals surface area contributed by atoms with Crippen LogP contribution >= 0.6 is 0 Å². The van der Waals surface area contributed by atoms with Crippen molar-refractivity contribution in [2.75, 3.05) is 13.2 Å². The summed E-state index contributed by atoms with van der Waals surface area (Å²) in [5.41, 5.74) is 1.01. The van der Waals surface area contributed by atoms with E-state index in [4.69, 9.17) is 4.74 Å². The SMILES string of the molecule is CCOc1ccc(CC(=O)N2CCn3ccnc3C2)cc1. The number of hydrogen-bond acceptors (Lipinski definition) is 3. The number of amides is 1. The fourth-order valence-corrected chi connectivity index (χ4v) is 2.54.